The Balaban J connectivity index is 1.68. The third-order valence-corrected chi connectivity index (χ3v) is 4.37. The number of nitrogens with one attached hydrogen (secondary N) is 2. The maximum atomic E-state index is 5.18. The van der Waals surface area contributed by atoms with Crippen LogP contribution >= 0.6 is 0 Å². The van der Waals surface area contributed by atoms with Crippen LogP contribution in [-0.4, -0.2) is 58.2 Å². The van der Waals surface area contributed by atoms with Gasteiger partial charge in [0.15, 0.2) is 5.96 Å². The van der Waals surface area contributed by atoms with Crippen LogP contribution in [0.5, 0.6) is 5.75 Å². The van der Waals surface area contributed by atoms with Crippen molar-refractivity contribution in [2.45, 2.75) is 19.3 Å². The number of aliphatic imine (C=N–C) groups is 1. The van der Waals surface area contributed by atoms with Gasteiger partial charge in [0, 0.05) is 26.7 Å². The van der Waals surface area contributed by atoms with Gasteiger partial charge in [0.2, 0.25) is 0 Å². The fraction of sp³-hybridized carbons (Fsp3) is 0.611. The molecule has 1 atom stereocenters. The van der Waals surface area contributed by atoms with E-state index >= 15 is 0 Å². The average Bonchev–Trinajstić information content (AvgIpc) is 2.58. The molecule has 1 fully saturated rings. The van der Waals surface area contributed by atoms with Crippen LogP contribution in [0.25, 0.3) is 0 Å². The highest BCUT2D eigenvalue weighted by Gasteiger charge is 2.17. The highest BCUT2D eigenvalue weighted by atomic mass is 16.5. The molecule has 5 nitrogen and oxygen atoms in total. The van der Waals surface area contributed by atoms with Crippen LogP contribution in [-0.2, 0) is 6.42 Å². The maximum absolute atomic E-state index is 5.18. The Hall–Kier alpha value is -1.75. The van der Waals surface area contributed by atoms with Gasteiger partial charge in [-0.3, -0.25) is 4.99 Å². The van der Waals surface area contributed by atoms with Crippen LogP contribution in [0.4, 0.5) is 0 Å². The summed E-state index contributed by atoms with van der Waals surface area (Å²) in [6.45, 7) is 4.27. The first-order valence-corrected chi connectivity index (χ1v) is 8.47. The number of nitrogens with zero attached hydrogens (tertiary/aromatic N) is 2. The van der Waals surface area contributed by atoms with E-state index in [9.17, 15) is 0 Å². The van der Waals surface area contributed by atoms with Crippen LogP contribution in [0.1, 0.15) is 18.4 Å². The molecule has 1 aliphatic rings. The van der Waals surface area contributed by atoms with E-state index in [2.05, 4.69) is 39.7 Å². The van der Waals surface area contributed by atoms with E-state index < -0.39 is 0 Å². The van der Waals surface area contributed by atoms with Gasteiger partial charge < -0.3 is 20.3 Å². The normalized spacial score (nSPS) is 19.4. The lowest BCUT2D eigenvalue weighted by molar-refractivity contribution is 0.210. The zero-order chi connectivity index (χ0) is 16.5. The first kappa shape index (κ1) is 17.6. The summed E-state index contributed by atoms with van der Waals surface area (Å²) in [6.07, 6.45) is 3.57. The summed E-state index contributed by atoms with van der Waals surface area (Å²) in [6, 6.07) is 8.22. The molecule has 0 radical (unpaired) electrons. The van der Waals surface area contributed by atoms with Crippen molar-refractivity contribution in [1.29, 1.82) is 0 Å². The lowest BCUT2D eigenvalue weighted by atomic mass is 9.99. The third kappa shape index (κ3) is 6.10. The molecule has 128 valence electrons. The molecule has 0 spiro atoms. The van der Waals surface area contributed by atoms with E-state index in [4.69, 9.17) is 4.74 Å². The Morgan fingerprint density at radius 3 is 2.74 bits per heavy atom. The van der Waals surface area contributed by atoms with Gasteiger partial charge in [0.1, 0.15) is 5.75 Å². The quantitative estimate of drug-likeness (QED) is 0.620. The van der Waals surface area contributed by atoms with Crippen LogP contribution in [0.15, 0.2) is 29.3 Å². The second-order valence-corrected chi connectivity index (χ2v) is 6.25. The van der Waals surface area contributed by atoms with Crippen molar-refractivity contribution in [2.24, 2.45) is 10.9 Å². The fourth-order valence-electron chi connectivity index (χ4n) is 3.02. The van der Waals surface area contributed by atoms with Gasteiger partial charge in [-0.05, 0) is 56.5 Å². The lowest BCUT2D eigenvalue weighted by Gasteiger charge is -2.30. The molecule has 5 heteroatoms. The van der Waals surface area contributed by atoms with Gasteiger partial charge in [-0.25, -0.2) is 0 Å². The molecule has 0 amide bonds. The zero-order valence-corrected chi connectivity index (χ0v) is 14.6. The van der Waals surface area contributed by atoms with Gasteiger partial charge in [-0.15, -0.1) is 0 Å². The van der Waals surface area contributed by atoms with Gasteiger partial charge in [-0.1, -0.05) is 12.1 Å². The second kappa shape index (κ2) is 9.40. The predicted molar refractivity (Wildman–Crippen MR) is 96.3 cm³/mol. The van der Waals surface area contributed by atoms with E-state index in [0.717, 1.165) is 31.2 Å². The molecule has 0 aliphatic carbocycles. The Morgan fingerprint density at radius 1 is 1.30 bits per heavy atom. The Kier molecular flexibility index (Phi) is 7.20. The van der Waals surface area contributed by atoms with Gasteiger partial charge >= 0.3 is 0 Å². The van der Waals surface area contributed by atoms with E-state index in [1.807, 2.05) is 19.2 Å². The molecule has 1 saturated heterocycles. The van der Waals surface area contributed by atoms with Crippen LogP contribution in [0.2, 0.25) is 0 Å². The molecular weight excluding hydrogens is 288 g/mol. The van der Waals surface area contributed by atoms with Crippen molar-refractivity contribution < 1.29 is 4.74 Å². The first-order valence-electron chi connectivity index (χ1n) is 8.47. The van der Waals surface area contributed by atoms with Gasteiger partial charge in [0.25, 0.3) is 0 Å². The number of hydrogen-bond donors (Lipinski definition) is 2. The van der Waals surface area contributed by atoms with Crippen molar-refractivity contribution >= 4 is 5.96 Å². The topological polar surface area (TPSA) is 48.9 Å². The molecule has 1 aromatic rings. The minimum absolute atomic E-state index is 0.717. The number of rotatable bonds is 6. The Bertz CT molecular complexity index is 486. The van der Waals surface area contributed by atoms with Crippen molar-refractivity contribution in [2.75, 3.05) is 47.4 Å². The monoisotopic (exact) mass is 318 g/mol. The molecule has 1 aliphatic heterocycles. The summed E-state index contributed by atoms with van der Waals surface area (Å²) >= 11 is 0. The largest absolute Gasteiger partial charge is 0.497 e. The second-order valence-electron chi connectivity index (χ2n) is 6.25. The first-order chi connectivity index (χ1) is 11.2. The van der Waals surface area contributed by atoms with E-state index in [-0.39, 0.29) is 0 Å². The minimum Gasteiger partial charge on any atom is -0.497 e. The number of benzene rings is 1. The summed E-state index contributed by atoms with van der Waals surface area (Å²) in [5, 5.41) is 6.85. The predicted octanol–water partition coefficient (Wildman–Crippen LogP) is 1.74. The highest BCUT2D eigenvalue weighted by Crippen LogP contribution is 2.14. The summed E-state index contributed by atoms with van der Waals surface area (Å²) in [4.78, 5) is 6.72. The standard InChI is InChI=1S/C18H30N4O/c1-19-18(21-13-16-5-4-12-22(2)14-16)20-11-10-15-6-8-17(23-3)9-7-15/h6-9,16H,4-5,10-14H2,1-3H3,(H2,19,20,21). The molecule has 1 heterocycles. The molecule has 1 aromatic carbocycles. The summed E-state index contributed by atoms with van der Waals surface area (Å²) in [7, 11) is 5.72. The lowest BCUT2D eigenvalue weighted by Crippen LogP contribution is -2.44. The molecule has 23 heavy (non-hydrogen) atoms. The minimum atomic E-state index is 0.717. The Morgan fingerprint density at radius 2 is 2.09 bits per heavy atom. The average molecular weight is 318 g/mol. The highest BCUT2D eigenvalue weighted by molar-refractivity contribution is 5.79. The van der Waals surface area contributed by atoms with Crippen molar-refractivity contribution in [3.8, 4) is 5.75 Å². The maximum Gasteiger partial charge on any atom is 0.190 e. The number of guanidine groups is 1. The number of ether oxygens (including phenoxy) is 1. The molecule has 2 rings (SSSR count). The number of likely N-dealkylation sites (tertiary alicyclic amines) is 1. The summed E-state index contributed by atoms with van der Waals surface area (Å²) in [5.74, 6) is 2.51. The Labute approximate surface area is 140 Å². The number of methoxy groups -OCH3 is 1. The zero-order valence-electron chi connectivity index (χ0n) is 14.6. The summed E-state index contributed by atoms with van der Waals surface area (Å²) in [5.41, 5.74) is 1.29. The van der Waals surface area contributed by atoms with Crippen molar-refractivity contribution in [3.63, 3.8) is 0 Å². The third-order valence-electron chi connectivity index (χ3n) is 4.37. The molecule has 1 unspecified atom stereocenters. The molecular formula is C18H30N4O. The van der Waals surface area contributed by atoms with E-state index in [1.54, 1.807) is 7.11 Å². The number of piperidine rings is 1. The van der Waals surface area contributed by atoms with Crippen molar-refractivity contribution in [1.82, 2.24) is 15.5 Å². The van der Waals surface area contributed by atoms with Gasteiger partial charge in [-0.2, -0.15) is 0 Å². The molecule has 0 saturated carbocycles. The molecule has 0 aromatic heterocycles. The number of hydrogen-bond acceptors (Lipinski definition) is 3. The van der Waals surface area contributed by atoms with E-state index in [1.165, 1.54) is 31.5 Å². The molecule has 2 N–H and O–H groups in total. The van der Waals surface area contributed by atoms with Gasteiger partial charge in [0.05, 0.1) is 7.11 Å². The van der Waals surface area contributed by atoms with Crippen LogP contribution in [0, 0.1) is 5.92 Å². The van der Waals surface area contributed by atoms with Crippen LogP contribution in [0.3, 0.4) is 0 Å². The molecule has 0 bridgehead atoms. The van der Waals surface area contributed by atoms with E-state index in [0.29, 0.717) is 5.92 Å². The SMILES string of the molecule is CN=C(NCCc1ccc(OC)cc1)NCC1CCCN(C)C1. The van der Waals surface area contributed by atoms with Crippen molar-refractivity contribution in [3.05, 3.63) is 29.8 Å². The smallest absolute Gasteiger partial charge is 0.190 e. The fourth-order valence-corrected chi connectivity index (χ4v) is 3.02. The van der Waals surface area contributed by atoms with Crippen LogP contribution < -0.4 is 15.4 Å². The summed E-state index contributed by atoms with van der Waals surface area (Å²) < 4.78 is 5.18.